The average Bonchev–Trinajstić information content (AvgIpc) is 2.28. The molecule has 0 aliphatic heterocycles. The molecule has 1 unspecified atom stereocenters. The summed E-state index contributed by atoms with van der Waals surface area (Å²) >= 11 is 0. The van der Waals surface area contributed by atoms with Gasteiger partial charge in [-0.15, -0.1) is 0 Å². The molecule has 86 valence electrons. The van der Waals surface area contributed by atoms with Crippen LogP contribution in [0.2, 0.25) is 0 Å². The first-order valence-corrected chi connectivity index (χ1v) is 5.69. The van der Waals surface area contributed by atoms with E-state index in [-0.39, 0.29) is 5.92 Å². The Labute approximate surface area is 95.0 Å². The van der Waals surface area contributed by atoms with Gasteiger partial charge in [-0.1, -0.05) is 23.8 Å². The first kappa shape index (κ1) is 11.3. The molecule has 2 heteroatoms. The quantitative estimate of drug-likeness (QED) is 0.614. The minimum atomic E-state index is -0.691. The minimum Gasteiger partial charge on any atom is -0.203 e. The van der Waals surface area contributed by atoms with Crippen molar-refractivity contribution in [3.63, 3.8) is 0 Å². The summed E-state index contributed by atoms with van der Waals surface area (Å²) in [6.07, 6.45) is 4.86. The zero-order valence-corrected chi connectivity index (χ0v) is 9.69. The zero-order chi connectivity index (χ0) is 11.7. The second-order valence-electron chi connectivity index (χ2n) is 4.62. The Bertz CT molecular complexity index is 433. The van der Waals surface area contributed by atoms with Gasteiger partial charge in [0.25, 0.3) is 0 Å². The van der Waals surface area contributed by atoms with Gasteiger partial charge in [0.2, 0.25) is 0 Å². The van der Waals surface area contributed by atoms with Crippen molar-refractivity contribution < 1.29 is 8.78 Å². The van der Waals surface area contributed by atoms with Gasteiger partial charge in [0.1, 0.15) is 0 Å². The van der Waals surface area contributed by atoms with Crippen LogP contribution in [0, 0.1) is 18.6 Å². The Morgan fingerprint density at radius 1 is 1.12 bits per heavy atom. The Kier molecular flexibility index (Phi) is 3.08. The summed E-state index contributed by atoms with van der Waals surface area (Å²) in [5, 5.41) is 0. The van der Waals surface area contributed by atoms with E-state index in [0.29, 0.717) is 11.1 Å². The molecule has 0 fully saturated rings. The second-order valence-corrected chi connectivity index (χ2v) is 4.62. The predicted molar refractivity (Wildman–Crippen MR) is 61.4 cm³/mol. The second kappa shape index (κ2) is 4.36. The Morgan fingerprint density at radius 3 is 2.50 bits per heavy atom. The molecule has 0 nitrogen and oxygen atoms in total. The van der Waals surface area contributed by atoms with E-state index in [0.717, 1.165) is 19.3 Å². The zero-order valence-electron chi connectivity index (χ0n) is 9.69. The van der Waals surface area contributed by atoms with Crippen LogP contribution in [0.4, 0.5) is 8.78 Å². The fourth-order valence-electron chi connectivity index (χ4n) is 2.22. The van der Waals surface area contributed by atoms with Gasteiger partial charge in [-0.05, 0) is 50.2 Å². The minimum absolute atomic E-state index is 0.138. The number of benzene rings is 1. The van der Waals surface area contributed by atoms with Gasteiger partial charge in [0.15, 0.2) is 11.6 Å². The molecular formula is C14H16F2. The summed E-state index contributed by atoms with van der Waals surface area (Å²) in [5.41, 5.74) is 2.26. The predicted octanol–water partition coefficient (Wildman–Crippen LogP) is 4.49. The van der Waals surface area contributed by atoms with Gasteiger partial charge in [-0.3, -0.25) is 0 Å². The molecule has 0 saturated heterocycles. The van der Waals surface area contributed by atoms with E-state index in [1.54, 1.807) is 19.1 Å². The van der Waals surface area contributed by atoms with E-state index < -0.39 is 11.6 Å². The van der Waals surface area contributed by atoms with E-state index in [4.69, 9.17) is 0 Å². The van der Waals surface area contributed by atoms with Crippen LogP contribution in [0.3, 0.4) is 0 Å². The van der Waals surface area contributed by atoms with Gasteiger partial charge in [0, 0.05) is 0 Å². The highest BCUT2D eigenvalue weighted by Gasteiger charge is 2.20. The standard InChI is InChI=1S/C14H16F2/c1-9-3-6-11(7-4-9)12-8-5-10(2)13(15)14(12)16/h3,5,8,11H,4,6-7H2,1-2H3. The number of rotatable bonds is 1. The van der Waals surface area contributed by atoms with Crippen molar-refractivity contribution in [2.24, 2.45) is 0 Å². The SMILES string of the molecule is CC1=CCC(c2ccc(C)c(F)c2F)CC1. The maximum atomic E-state index is 13.7. The topological polar surface area (TPSA) is 0 Å². The average molecular weight is 222 g/mol. The number of aryl methyl sites for hydroxylation is 1. The third-order valence-electron chi connectivity index (χ3n) is 3.38. The number of halogens is 2. The molecule has 0 spiro atoms. The smallest absolute Gasteiger partial charge is 0.162 e. The van der Waals surface area contributed by atoms with E-state index >= 15 is 0 Å². The molecule has 0 bridgehead atoms. The Morgan fingerprint density at radius 2 is 1.88 bits per heavy atom. The van der Waals surface area contributed by atoms with Crippen molar-refractivity contribution in [1.82, 2.24) is 0 Å². The highest BCUT2D eigenvalue weighted by molar-refractivity contribution is 5.29. The lowest BCUT2D eigenvalue weighted by Crippen LogP contribution is -2.07. The fraction of sp³-hybridized carbons (Fsp3) is 0.429. The van der Waals surface area contributed by atoms with Crippen LogP contribution in [-0.4, -0.2) is 0 Å². The van der Waals surface area contributed by atoms with Crippen LogP contribution in [-0.2, 0) is 0 Å². The summed E-state index contributed by atoms with van der Waals surface area (Å²) in [7, 11) is 0. The molecule has 0 N–H and O–H groups in total. The lowest BCUT2D eigenvalue weighted by Gasteiger charge is -2.21. The molecule has 1 aromatic rings. The summed E-state index contributed by atoms with van der Waals surface area (Å²) in [4.78, 5) is 0. The van der Waals surface area contributed by atoms with Gasteiger partial charge >= 0.3 is 0 Å². The molecule has 0 heterocycles. The first-order chi connectivity index (χ1) is 7.59. The van der Waals surface area contributed by atoms with Crippen molar-refractivity contribution in [3.05, 3.63) is 46.5 Å². The number of hydrogen-bond acceptors (Lipinski definition) is 0. The molecule has 2 rings (SSSR count). The van der Waals surface area contributed by atoms with Crippen LogP contribution in [0.15, 0.2) is 23.8 Å². The van der Waals surface area contributed by atoms with Crippen LogP contribution < -0.4 is 0 Å². The monoisotopic (exact) mass is 222 g/mol. The molecule has 1 aromatic carbocycles. The van der Waals surface area contributed by atoms with Gasteiger partial charge in [-0.25, -0.2) is 8.78 Å². The lowest BCUT2D eigenvalue weighted by molar-refractivity contribution is 0.473. The third-order valence-corrected chi connectivity index (χ3v) is 3.38. The lowest BCUT2D eigenvalue weighted by atomic mass is 9.84. The molecule has 0 saturated carbocycles. The Hall–Kier alpha value is -1.18. The first-order valence-electron chi connectivity index (χ1n) is 5.69. The van der Waals surface area contributed by atoms with E-state index in [1.807, 2.05) is 0 Å². The van der Waals surface area contributed by atoms with E-state index in [2.05, 4.69) is 13.0 Å². The summed E-state index contributed by atoms with van der Waals surface area (Å²) < 4.78 is 27.2. The molecule has 1 aliphatic rings. The van der Waals surface area contributed by atoms with Crippen molar-refractivity contribution in [3.8, 4) is 0 Å². The molecule has 16 heavy (non-hydrogen) atoms. The third kappa shape index (κ3) is 2.01. The molecule has 1 aliphatic carbocycles. The summed E-state index contributed by atoms with van der Waals surface area (Å²) in [5.74, 6) is -1.21. The highest BCUT2D eigenvalue weighted by Crippen LogP contribution is 2.34. The highest BCUT2D eigenvalue weighted by atomic mass is 19.2. The van der Waals surface area contributed by atoms with Crippen molar-refractivity contribution in [2.45, 2.75) is 39.0 Å². The molecule has 1 atom stereocenters. The van der Waals surface area contributed by atoms with E-state index in [1.165, 1.54) is 5.57 Å². The molecule has 0 amide bonds. The maximum Gasteiger partial charge on any atom is 0.162 e. The van der Waals surface area contributed by atoms with Crippen molar-refractivity contribution >= 4 is 0 Å². The molecular weight excluding hydrogens is 206 g/mol. The van der Waals surface area contributed by atoms with Gasteiger partial charge in [0.05, 0.1) is 0 Å². The number of allylic oxidation sites excluding steroid dienone is 2. The largest absolute Gasteiger partial charge is 0.203 e. The van der Waals surface area contributed by atoms with Crippen LogP contribution >= 0.6 is 0 Å². The summed E-state index contributed by atoms with van der Waals surface area (Å²) in [6.45, 7) is 3.68. The van der Waals surface area contributed by atoms with E-state index in [9.17, 15) is 8.78 Å². The van der Waals surface area contributed by atoms with Crippen LogP contribution in [0.1, 0.15) is 43.2 Å². The molecule has 0 aromatic heterocycles. The van der Waals surface area contributed by atoms with Crippen LogP contribution in [0.5, 0.6) is 0 Å². The summed E-state index contributed by atoms with van der Waals surface area (Å²) in [6, 6.07) is 3.39. The van der Waals surface area contributed by atoms with Crippen LogP contribution in [0.25, 0.3) is 0 Å². The van der Waals surface area contributed by atoms with Crippen molar-refractivity contribution in [1.29, 1.82) is 0 Å². The van der Waals surface area contributed by atoms with Gasteiger partial charge in [-0.2, -0.15) is 0 Å². The molecule has 0 radical (unpaired) electrons. The van der Waals surface area contributed by atoms with Gasteiger partial charge < -0.3 is 0 Å². The van der Waals surface area contributed by atoms with Crippen molar-refractivity contribution in [2.75, 3.05) is 0 Å². The fourth-order valence-corrected chi connectivity index (χ4v) is 2.22. The normalized spacial score (nSPS) is 20.8. The number of hydrogen-bond donors (Lipinski definition) is 0. The Balaban J connectivity index is 2.32. The maximum absolute atomic E-state index is 13.7.